The second-order valence-electron chi connectivity index (χ2n) is 12.7. The number of rotatable bonds is 15. The summed E-state index contributed by atoms with van der Waals surface area (Å²) in [7, 11) is 0. The number of nitrogens with zero attached hydrogens (tertiary/aromatic N) is 2. The van der Waals surface area contributed by atoms with Crippen LogP contribution in [-0.4, -0.2) is 141 Å². The molecular weight excluding hydrogens is 672 g/mol. The smallest absolute Gasteiger partial charge is 0.338 e. The summed E-state index contributed by atoms with van der Waals surface area (Å²) in [5, 5.41) is 72.6. The molecule has 10 N–H and O–H groups in total. The summed E-state index contributed by atoms with van der Waals surface area (Å²) in [4.78, 5) is 31.9. The number of β-amino-alcohol motifs (C(OH)–C–C–N with tert-alkyl or cyclic N) is 1. The van der Waals surface area contributed by atoms with Crippen molar-refractivity contribution in [3.63, 3.8) is 0 Å². The van der Waals surface area contributed by atoms with Crippen LogP contribution in [0.3, 0.4) is 0 Å². The fraction of sp³-hybridized carbons (Fsp3) is 0.618. The van der Waals surface area contributed by atoms with Gasteiger partial charge < -0.3 is 70.6 Å². The molecule has 0 aromatic rings. The number of carboxylic acids is 1. The lowest BCUT2D eigenvalue weighted by molar-refractivity contribution is -0.338. The molecule has 8 atom stereocenters. The summed E-state index contributed by atoms with van der Waals surface area (Å²) in [6, 6.07) is 0. The monoisotopic (exact) mass is 722 g/mol. The number of allylic oxidation sites excluding steroid dienone is 2. The summed E-state index contributed by atoms with van der Waals surface area (Å²) in [5.41, 5.74) is 6.53. The van der Waals surface area contributed by atoms with Gasteiger partial charge in [-0.3, -0.25) is 4.99 Å². The van der Waals surface area contributed by atoms with Crippen LogP contribution < -0.4 is 11.1 Å². The number of carbonyl (C=O) groups excluding carboxylic acids is 1. The summed E-state index contributed by atoms with van der Waals surface area (Å²) in [6.07, 6.45) is 2.66. The molecule has 17 heteroatoms. The number of guanidine groups is 1. The number of ether oxygens (including phenoxy) is 4. The molecule has 0 aromatic carbocycles. The third-order valence-electron chi connectivity index (χ3n) is 9.12. The van der Waals surface area contributed by atoms with Gasteiger partial charge in [-0.15, -0.1) is 6.58 Å². The van der Waals surface area contributed by atoms with Gasteiger partial charge in [0.15, 0.2) is 12.2 Å². The van der Waals surface area contributed by atoms with E-state index >= 15 is 0 Å². The molecule has 0 amide bonds. The molecule has 17 nitrogen and oxygen atoms in total. The van der Waals surface area contributed by atoms with Crippen LogP contribution in [-0.2, 0) is 28.5 Å². The molecule has 3 heterocycles. The fourth-order valence-electron chi connectivity index (χ4n) is 6.33. The zero-order valence-electron chi connectivity index (χ0n) is 28.3. The van der Waals surface area contributed by atoms with Crippen molar-refractivity contribution < 1.29 is 64.3 Å². The van der Waals surface area contributed by atoms with E-state index in [1.54, 1.807) is 23.3 Å². The van der Waals surface area contributed by atoms with Crippen LogP contribution in [0.5, 0.6) is 0 Å². The Hall–Kier alpha value is -3.81. The molecule has 0 radical (unpaired) electrons. The van der Waals surface area contributed by atoms with Crippen molar-refractivity contribution >= 4 is 17.9 Å². The van der Waals surface area contributed by atoms with Crippen molar-refractivity contribution in [2.75, 3.05) is 39.5 Å². The molecule has 0 unspecified atom stereocenters. The van der Waals surface area contributed by atoms with Crippen LogP contribution >= 0.6 is 0 Å². The molecule has 1 aliphatic carbocycles. The molecule has 0 aromatic heterocycles. The molecule has 0 bridgehead atoms. The largest absolute Gasteiger partial charge is 0.478 e. The first kappa shape index (κ1) is 40.0. The van der Waals surface area contributed by atoms with Crippen LogP contribution in [0.2, 0.25) is 0 Å². The average Bonchev–Trinajstić information content (AvgIpc) is 3.12. The summed E-state index contributed by atoms with van der Waals surface area (Å²) in [6.45, 7) is 3.10. The van der Waals surface area contributed by atoms with Gasteiger partial charge in [-0.05, 0) is 32.1 Å². The van der Waals surface area contributed by atoms with Crippen LogP contribution in [0.15, 0.2) is 64.7 Å². The number of aliphatic hydroxyl groups excluding tert-OH is 6. The van der Waals surface area contributed by atoms with Crippen molar-refractivity contribution in [1.82, 2.24) is 10.2 Å². The van der Waals surface area contributed by atoms with Crippen molar-refractivity contribution in [3.05, 3.63) is 59.7 Å². The van der Waals surface area contributed by atoms with E-state index in [9.17, 15) is 40.2 Å². The van der Waals surface area contributed by atoms with E-state index in [4.69, 9.17) is 29.8 Å². The zero-order chi connectivity index (χ0) is 37.1. The summed E-state index contributed by atoms with van der Waals surface area (Å²) < 4.78 is 23.2. The minimum absolute atomic E-state index is 0.0695. The molecule has 0 spiro atoms. The van der Waals surface area contributed by atoms with Gasteiger partial charge in [0.2, 0.25) is 6.29 Å². The third kappa shape index (κ3) is 10.2. The van der Waals surface area contributed by atoms with E-state index in [1.165, 1.54) is 12.3 Å². The van der Waals surface area contributed by atoms with Gasteiger partial charge in [0.05, 0.1) is 48.8 Å². The van der Waals surface area contributed by atoms with Gasteiger partial charge in [0.1, 0.15) is 30.5 Å². The Bertz CT molecular complexity index is 1370. The number of nitrogens with two attached hydrogens (primary N) is 1. The number of aliphatic hydroxyl groups is 6. The number of carboxylic acid groups (broad SMARTS) is 1. The number of esters is 1. The van der Waals surface area contributed by atoms with Crippen LogP contribution in [0.25, 0.3) is 0 Å². The van der Waals surface area contributed by atoms with E-state index in [0.717, 1.165) is 19.3 Å². The predicted octanol–water partition coefficient (Wildman–Crippen LogP) is -1.29. The lowest BCUT2D eigenvalue weighted by Crippen LogP contribution is -2.60. The van der Waals surface area contributed by atoms with Crippen molar-refractivity contribution in [2.45, 2.75) is 81.6 Å². The first-order valence-corrected chi connectivity index (χ1v) is 17.1. The van der Waals surface area contributed by atoms with Crippen LogP contribution in [0, 0.1) is 11.8 Å². The molecule has 4 aliphatic rings. The lowest BCUT2D eigenvalue weighted by Gasteiger charge is -2.42. The molecule has 3 aliphatic heterocycles. The zero-order valence-corrected chi connectivity index (χ0v) is 28.3. The highest BCUT2D eigenvalue weighted by Gasteiger charge is 2.47. The van der Waals surface area contributed by atoms with Gasteiger partial charge in [-0.1, -0.05) is 24.6 Å². The first-order chi connectivity index (χ1) is 24.5. The van der Waals surface area contributed by atoms with Crippen molar-refractivity contribution in [1.29, 1.82) is 0 Å². The maximum Gasteiger partial charge on any atom is 0.338 e. The Balaban J connectivity index is 1.71. The Labute approximate surface area is 295 Å². The lowest BCUT2D eigenvalue weighted by atomic mass is 9.83. The summed E-state index contributed by atoms with van der Waals surface area (Å²) >= 11 is 0. The van der Waals surface area contributed by atoms with Gasteiger partial charge >= 0.3 is 11.9 Å². The maximum atomic E-state index is 13.7. The Kier molecular flexibility index (Phi) is 15.0. The van der Waals surface area contributed by atoms with E-state index in [1.807, 2.05) is 0 Å². The average molecular weight is 723 g/mol. The van der Waals surface area contributed by atoms with Gasteiger partial charge in [-0.25, -0.2) is 9.59 Å². The van der Waals surface area contributed by atoms with E-state index < -0.39 is 67.4 Å². The maximum absolute atomic E-state index is 13.7. The molecule has 4 rings (SSSR count). The highest BCUT2D eigenvalue weighted by molar-refractivity contribution is 5.92. The second kappa shape index (κ2) is 19.1. The minimum Gasteiger partial charge on any atom is -0.478 e. The van der Waals surface area contributed by atoms with Crippen molar-refractivity contribution in [3.8, 4) is 0 Å². The highest BCUT2D eigenvalue weighted by Crippen LogP contribution is 2.37. The minimum atomic E-state index is -1.73. The molecule has 51 heavy (non-hydrogen) atoms. The summed E-state index contributed by atoms with van der Waals surface area (Å²) in [5.74, 6) is -3.72. The Morgan fingerprint density at radius 2 is 1.82 bits per heavy atom. The molecular formula is C34H50N4O13. The van der Waals surface area contributed by atoms with Gasteiger partial charge in [-0.2, -0.15) is 0 Å². The topological polar surface area (TPSA) is 266 Å². The second-order valence-corrected chi connectivity index (χ2v) is 12.7. The van der Waals surface area contributed by atoms with Gasteiger partial charge in [0.25, 0.3) is 0 Å². The van der Waals surface area contributed by atoms with Gasteiger partial charge in [0, 0.05) is 37.4 Å². The van der Waals surface area contributed by atoms with E-state index in [2.05, 4.69) is 16.9 Å². The number of hydrogen-bond acceptors (Lipinski definition) is 14. The van der Waals surface area contributed by atoms with E-state index in [0.29, 0.717) is 24.8 Å². The standard InChI is InChI=1S/C34H50N4O13/c1-2-21-22(10-9-19-15-38(12-14-40)16-23(30(45)46)26(19)37-34(35)36-11-6-13-39)24(31(47)49-20-7-4-3-5-8-20)18-48-32(21)51-33-29(44)28(43)27(42)25(17-41)50-33/h2,9-10,15,18,20-22,25,27-29,32-33,39-44H,1,3-8,11-14,16-17H2,(H,45,46)(H3,35,36,37)/b10-9+/t21-,22+,25-,27-,28+,29-,32+,33+/m1/s1. The van der Waals surface area contributed by atoms with Crippen molar-refractivity contribution in [2.24, 2.45) is 22.6 Å². The molecule has 1 saturated carbocycles. The number of carbonyl (C=O) groups is 2. The number of nitrogens with one attached hydrogen (secondary N) is 1. The molecule has 2 fully saturated rings. The normalized spacial score (nSPS) is 30.8. The highest BCUT2D eigenvalue weighted by atomic mass is 16.8. The van der Waals surface area contributed by atoms with Crippen LogP contribution in [0.4, 0.5) is 0 Å². The Morgan fingerprint density at radius 3 is 2.47 bits per heavy atom. The Morgan fingerprint density at radius 1 is 1.08 bits per heavy atom. The van der Waals surface area contributed by atoms with E-state index in [-0.39, 0.29) is 61.8 Å². The third-order valence-corrected chi connectivity index (χ3v) is 9.12. The number of hydrogen-bond donors (Lipinski definition) is 9. The fourth-order valence-corrected chi connectivity index (χ4v) is 6.33. The predicted molar refractivity (Wildman–Crippen MR) is 180 cm³/mol. The number of aliphatic carboxylic acids is 1. The molecule has 1 saturated heterocycles. The number of aliphatic imine (C=N–C) groups is 1. The van der Waals surface area contributed by atoms with Crippen LogP contribution in [0.1, 0.15) is 38.5 Å². The molecule has 284 valence electrons. The SMILES string of the molecule is C=C[C@H]1[C@H](O[C@@H]2O[C@H](CO)[C@@H](O)[C@H](O)[C@H]2O)OC=C(C(=O)OC2CCCCC2)[C@H]1/C=C/C1=CN(CCO)CC(C(=O)O)=C1NC(N)=NCCCO. The quantitative estimate of drug-likeness (QED) is 0.0313. The first-order valence-electron chi connectivity index (χ1n) is 17.1.